The first-order valence-electron chi connectivity index (χ1n) is 15.8. The number of rotatable bonds is 13. The largest absolute Gasteiger partial charge is 0.350 e. The highest BCUT2D eigenvalue weighted by Crippen LogP contribution is 2.68. The van der Waals surface area contributed by atoms with Crippen molar-refractivity contribution in [1.29, 1.82) is 0 Å². The summed E-state index contributed by atoms with van der Waals surface area (Å²) in [6.45, 7) is 5.64. The van der Waals surface area contributed by atoms with Gasteiger partial charge in [-0.1, -0.05) is 13.3 Å². The van der Waals surface area contributed by atoms with Crippen LogP contribution in [0.1, 0.15) is 81.4 Å². The molecule has 0 radical (unpaired) electrons. The van der Waals surface area contributed by atoms with E-state index in [9.17, 15) is 28.8 Å². The summed E-state index contributed by atoms with van der Waals surface area (Å²) in [4.78, 5) is 81.5. The van der Waals surface area contributed by atoms with Crippen LogP contribution in [0.5, 0.6) is 0 Å². The van der Waals surface area contributed by atoms with E-state index in [4.69, 9.17) is 0 Å². The van der Waals surface area contributed by atoms with Crippen molar-refractivity contribution in [2.45, 2.75) is 90.3 Å². The normalized spacial score (nSPS) is 25.1. The minimum atomic E-state index is -1.25. The van der Waals surface area contributed by atoms with Crippen LogP contribution in [0.4, 0.5) is 5.69 Å². The number of nitrogens with zero attached hydrogens (tertiary/aromatic N) is 3. The average molecular weight is 622 g/mol. The van der Waals surface area contributed by atoms with Crippen LogP contribution in [0, 0.1) is 24.2 Å². The molecule has 13 nitrogen and oxygen atoms in total. The Kier molecular flexibility index (Phi) is 8.99. The molecule has 0 spiro atoms. The number of imidazole rings is 1. The van der Waals surface area contributed by atoms with Crippen LogP contribution >= 0.6 is 0 Å². The van der Waals surface area contributed by atoms with Crippen molar-refractivity contribution in [2.75, 3.05) is 11.9 Å². The van der Waals surface area contributed by atoms with Gasteiger partial charge in [0.1, 0.15) is 24.0 Å². The maximum absolute atomic E-state index is 13.4. The van der Waals surface area contributed by atoms with Crippen molar-refractivity contribution in [1.82, 2.24) is 30.1 Å². The molecule has 0 aliphatic heterocycles. The molecule has 2 aromatic rings. The van der Waals surface area contributed by atoms with Crippen molar-refractivity contribution < 1.29 is 24.0 Å². The third-order valence-electron chi connectivity index (χ3n) is 10.1. The summed E-state index contributed by atoms with van der Waals surface area (Å²) in [6.07, 6.45) is 9.04. The third kappa shape index (κ3) is 6.43. The van der Waals surface area contributed by atoms with E-state index in [0.717, 1.165) is 25.7 Å². The van der Waals surface area contributed by atoms with E-state index in [0.29, 0.717) is 22.9 Å². The Balaban J connectivity index is 1.27. The molecule has 4 amide bonds. The highest BCUT2D eigenvalue weighted by Gasteiger charge is 2.63. The molecule has 4 aliphatic carbocycles. The van der Waals surface area contributed by atoms with Gasteiger partial charge in [-0.25, -0.2) is 4.98 Å². The van der Waals surface area contributed by atoms with E-state index in [-0.39, 0.29) is 48.8 Å². The summed E-state index contributed by atoms with van der Waals surface area (Å²) in [7, 11) is 1.63. The van der Waals surface area contributed by atoms with Gasteiger partial charge >= 0.3 is 0 Å². The highest BCUT2D eigenvalue weighted by atomic mass is 16.2. The van der Waals surface area contributed by atoms with Gasteiger partial charge in [0.25, 0.3) is 17.4 Å². The Morgan fingerprint density at radius 2 is 1.91 bits per heavy atom. The van der Waals surface area contributed by atoms with Gasteiger partial charge < -0.3 is 30.4 Å². The molecule has 4 N–H and O–H groups in total. The predicted molar refractivity (Wildman–Crippen MR) is 165 cm³/mol. The number of amides is 4. The molecule has 242 valence electrons. The monoisotopic (exact) mass is 621 g/mol. The van der Waals surface area contributed by atoms with Crippen LogP contribution in [0.25, 0.3) is 0 Å². The van der Waals surface area contributed by atoms with Crippen molar-refractivity contribution in [3.8, 4) is 0 Å². The van der Waals surface area contributed by atoms with Crippen molar-refractivity contribution >= 4 is 35.1 Å². The number of pyridine rings is 1. The second kappa shape index (κ2) is 12.6. The van der Waals surface area contributed by atoms with Gasteiger partial charge in [-0.2, -0.15) is 0 Å². The second-order valence-corrected chi connectivity index (χ2v) is 13.1. The van der Waals surface area contributed by atoms with Crippen LogP contribution in [-0.4, -0.2) is 61.7 Å². The lowest BCUT2D eigenvalue weighted by Gasteiger charge is -2.41. The molecule has 4 aliphatic rings. The average Bonchev–Trinajstić information content (AvgIpc) is 3.53. The Labute approximate surface area is 261 Å². The lowest BCUT2D eigenvalue weighted by atomic mass is 9.71. The zero-order valence-electron chi connectivity index (χ0n) is 26.4. The number of hydrogen-bond donors (Lipinski definition) is 4. The molecule has 5 atom stereocenters. The molecule has 13 heteroatoms. The number of aromatic nitrogens is 3. The van der Waals surface area contributed by atoms with Crippen LogP contribution < -0.4 is 26.8 Å². The lowest BCUT2D eigenvalue weighted by Crippen LogP contribution is -2.52. The van der Waals surface area contributed by atoms with Crippen LogP contribution in [0.2, 0.25) is 0 Å². The summed E-state index contributed by atoms with van der Waals surface area (Å²) in [5.41, 5.74) is 0.124. The molecule has 0 saturated heterocycles. The minimum Gasteiger partial charge on any atom is -0.350 e. The van der Waals surface area contributed by atoms with Gasteiger partial charge in [-0.15, -0.1) is 0 Å². The SMILES string of the molecule is CCNC(=O)C(=O)CC[C@H](NC(=O)c1c(C)ncn1C)C(=O)Nc1cccn(CC(=O)NC23CC4CC(C2)C(CC)(C4)C3)c1=O. The number of Topliss-reactive ketones (excluding diaryl/α,β-unsaturated/α-hetero) is 1. The van der Waals surface area contributed by atoms with Crippen molar-refractivity contribution in [3.05, 3.63) is 46.4 Å². The standard InChI is InChI=1S/C32H43N7O6/c1-5-31-13-20-12-21(31)15-32(14-20,17-31)37-25(41)16-39-11-7-8-23(30(39)45)36-27(42)22(9-10-24(40)28(43)33-6-2)35-29(44)26-19(3)34-18-38(26)4/h7-8,11,18,20-22H,5-6,9-10,12-17H2,1-4H3,(H,33,43)(H,35,44)(H,36,42)(H,37,41)/t20?,21?,22-,31?,32?/m0/s1. The molecular weight excluding hydrogens is 578 g/mol. The van der Waals surface area contributed by atoms with E-state index >= 15 is 0 Å². The van der Waals surface area contributed by atoms with Crippen LogP contribution in [-0.2, 0) is 32.8 Å². The zero-order chi connectivity index (χ0) is 32.5. The number of likely N-dealkylation sites (N-methyl/N-ethyl adjacent to an activating group) is 1. The fourth-order valence-corrected chi connectivity index (χ4v) is 8.26. The number of carbonyl (C=O) groups excluding carboxylic acids is 5. The van der Waals surface area contributed by atoms with E-state index < -0.39 is 35.1 Å². The molecule has 2 aromatic heterocycles. The van der Waals surface area contributed by atoms with E-state index in [1.54, 1.807) is 27.0 Å². The summed E-state index contributed by atoms with van der Waals surface area (Å²) in [6, 6.07) is 1.72. The summed E-state index contributed by atoms with van der Waals surface area (Å²) in [5, 5.41) is 10.9. The molecule has 6 rings (SSSR count). The molecule has 4 fully saturated rings. The zero-order valence-corrected chi connectivity index (χ0v) is 26.4. The Morgan fingerprint density at radius 3 is 2.58 bits per heavy atom. The number of ketones is 1. The molecule has 2 heterocycles. The van der Waals surface area contributed by atoms with Gasteiger partial charge in [0.15, 0.2) is 0 Å². The summed E-state index contributed by atoms with van der Waals surface area (Å²) >= 11 is 0. The maximum Gasteiger partial charge on any atom is 0.287 e. The first-order chi connectivity index (χ1) is 21.4. The van der Waals surface area contributed by atoms with E-state index in [1.807, 2.05) is 0 Å². The number of hydrogen-bond acceptors (Lipinski definition) is 7. The molecule has 4 unspecified atom stereocenters. The summed E-state index contributed by atoms with van der Waals surface area (Å²) < 4.78 is 2.75. The Hall–Kier alpha value is -4.29. The first kappa shape index (κ1) is 32.1. The van der Waals surface area contributed by atoms with E-state index in [1.165, 1.54) is 40.6 Å². The summed E-state index contributed by atoms with van der Waals surface area (Å²) in [5.74, 6) is -1.80. The second-order valence-electron chi connectivity index (χ2n) is 13.1. The molecule has 45 heavy (non-hydrogen) atoms. The van der Waals surface area contributed by atoms with Crippen molar-refractivity contribution in [3.63, 3.8) is 0 Å². The van der Waals surface area contributed by atoms with Gasteiger partial charge in [0.2, 0.25) is 17.6 Å². The number of nitrogens with one attached hydrogen (secondary N) is 4. The third-order valence-corrected chi connectivity index (χ3v) is 10.1. The van der Waals surface area contributed by atoms with Gasteiger partial charge in [-0.05, 0) is 81.8 Å². The number of carbonyl (C=O) groups is 5. The predicted octanol–water partition coefficient (Wildman–Crippen LogP) is 1.59. The van der Waals surface area contributed by atoms with Gasteiger partial charge in [0, 0.05) is 31.7 Å². The smallest absolute Gasteiger partial charge is 0.287 e. The maximum atomic E-state index is 13.4. The van der Waals surface area contributed by atoms with Crippen LogP contribution in [0.15, 0.2) is 29.5 Å². The molecule has 0 aromatic carbocycles. The highest BCUT2D eigenvalue weighted by molar-refractivity contribution is 6.36. The topological polar surface area (TPSA) is 173 Å². The quantitative estimate of drug-likeness (QED) is 0.246. The Bertz CT molecular complexity index is 1560. The molecule has 4 bridgehead atoms. The molecule has 4 saturated carbocycles. The van der Waals surface area contributed by atoms with E-state index in [2.05, 4.69) is 33.2 Å². The Morgan fingerprint density at radius 1 is 1.13 bits per heavy atom. The number of anilines is 1. The lowest BCUT2D eigenvalue weighted by molar-refractivity contribution is -0.138. The fourth-order valence-electron chi connectivity index (χ4n) is 8.26. The molecular formula is C32H43N7O6. The van der Waals surface area contributed by atoms with Crippen molar-refractivity contribution in [2.24, 2.45) is 24.3 Å². The van der Waals surface area contributed by atoms with Crippen LogP contribution in [0.3, 0.4) is 0 Å². The van der Waals surface area contributed by atoms with Gasteiger partial charge in [-0.3, -0.25) is 28.8 Å². The first-order valence-corrected chi connectivity index (χ1v) is 15.8. The minimum absolute atomic E-state index is 0.0794. The van der Waals surface area contributed by atoms with Gasteiger partial charge in [0.05, 0.1) is 12.0 Å². The fraction of sp³-hybridized carbons (Fsp3) is 0.594. The number of aryl methyl sites for hydroxylation is 2.